The predicted octanol–water partition coefficient (Wildman–Crippen LogP) is 6.28. The maximum absolute atomic E-state index is 14.6. The van der Waals surface area contributed by atoms with E-state index >= 15 is 0 Å². The van der Waals surface area contributed by atoms with E-state index in [1.54, 1.807) is 0 Å². The molecule has 7 rings (SSSR count). The van der Waals surface area contributed by atoms with Gasteiger partial charge in [-0.15, -0.1) is 0 Å². The zero-order chi connectivity index (χ0) is 30.3. The van der Waals surface area contributed by atoms with Crippen molar-refractivity contribution in [3.63, 3.8) is 0 Å². The third-order valence-corrected chi connectivity index (χ3v) is 10.2. The SMILES string of the molecule is CCOC(=O)C(C(=O)OCC)(c1ccccc1)C(c1cc2c3c(c1)CCCN3CCC2)c1cc2c3c(c1)CCCN3CCC2. The van der Waals surface area contributed by atoms with Crippen molar-refractivity contribution in [2.45, 2.75) is 76.5 Å². The summed E-state index contributed by atoms with van der Waals surface area (Å²) in [6.07, 6.45) is 8.44. The van der Waals surface area contributed by atoms with Crippen LogP contribution in [0.4, 0.5) is 11.4 Å². The highest BCUT2D eigenvalue weighted by Gasteiger charge is 2.58. The van der Waals surface area contributed by atoms with E-state index in [4.69, 9.17) is 9.47 Å². The number of ether oxygens (including phenoxy) is 2. The van der Waals surface area contributed by atoms with Gasteiger partial charge in [0.25, 0.3) is 0 Å². The number of anilines is 2. The van der Waals surface area contributed by atoms with Crippen molar-refractivity contribution in [3.8, 4) is 0 Å². The van der Waals surface area contributed by atoms with Crippen molar-refractivity contribution in [2.75, 3.05) is 49.2 Å². The molecule has 0 unspecified atom stereocenters. The Kier molecular flexibility index (Phi) is 7.86. The summed E-state index contributed by atoms with van der Waals surface area (Å²) < 4.78 is 11.8. The van der Waals surface area contributed by atoms with Crippen LogP contribution >= 0.6 is 0 Å². The van der Waals surface area contributed by atoms with Crippen LogP contribution in [0.2, 0.25) is 0 Å². The first kappa shape index (κ1) is 28.9. The smallest absolute Gasteiger partial charge is 0.329 e. The van der Waals surface area contributed by atoms with Gasteiger partial charge in [-0.05, 0) is 104 Å². The first-order chi connectivity index (χ1) is 21.6. The topological polar surface area (TPSA) is 59.1 Å². The second kappa shape index (κ2) is 11.9. The molecule has 0 amide bonds. The van der Waals surface area contributed by atoms with E-state index in [-0.39, 0.29) is 13.2 Å². The van der Waals surface area contributed by atoms with Crippen molar-refractivity contribution in [2.24, 2.45) is 0 Å². The molecule has 0 aromatic heterocycles. The highest BCUT2D eigenvalue weighted by Crippen LogP contribution is 2.50. The molecule has 4 aliphatic heterocycles. The van der Waals surface area contributed by atoms with Crippen LogP contribution < -0.4 is 9.80 Å². The molecule has 0 atom stereocenters. The molecule has 0 saturated heterocycles. The lowest BCUT2D eigenvalue weighted by Crippen LogP contribution is -2.51. The van der Waals surface area contributed by atoms with Gasteiger partial charge < -0.3 is 19.3 Å². The van der Waals surface area contributed by atoms with E-state index in [1.165, 1.54) is 33.6 Å². The van der Waals surface area contributed by atoms with Gasteiger partial charge in [0.05, 0.1) is 13.2 Å². The molecule has 0 fully saturated rings. The minimum absolute atomic E-state index is 0.175. The zero-order valence-corrected chi connectivity index (χ0v) is 26.2. The molecule has 44 heavy (non-hydrogen) atoms. The quantitative estimate of drug-likeness (QED) is 0.227. The van der Waals surface area contributed by atoms with Gasteiger partial charge in [-0.3, -0.25) is 9.59 Å². The summed E-state index contributed by atoms with van der Waals surface area (Å²) in [4.78, 5) is 34.4. The molecule has 4 aliphatic rings. The Morgan fingerprint density at radius 2 is 1.05 bits per heavy atom. The fourth-order valence-electron chi connectivity index (χ4n) is 8.60. The molecule has 0 N–H and O–H groups in total. The number of rotatable bonds is 8. The molecule has 4 heterocycles. The monoisotopic (exact) mass is 592 g/mol. The number of aryl methyl sites for hydroxylation is 4. The molecule has 0 radical (unpaired) electrons. The zero-order valence-electron chi connectivity index (χ0n) is 26.2. The third kappa shape index (κ3) is 4.69. The average molecular weight is 593 g/mol. The van der Waals surface area contributed by atoms with Gasteiger partial charge in [0, 0.05) is 43.5 Å². The number of nitrogens with zero attached hydrogens (tertiary/aromatic N) is 2. The van der Waals surface area contributed by atoms with Crippen molar-refractivity contribution in [1.82, 2.24) is 0 Å². The molecule has 0 aliphatic carbocycles. The third-order valence-electron chi connectivity index (χ3n) is 10.2. The Labute approximate surface area is 261 Å². The van der Waals surface area contributed by atoms with Crippen molar-refractivity contribution >= 4 is 23.3 Å². The van der Waals surface area contributed by atoms with Crippen LogP contribution in [-0.2, 0) is 50.2 Å². The summed E-state index contributed by atoms with van der Waals surface area (Å²) in [5.41, 5.74) is 8.97. The number of hydrogen-bond donors (Lipinski definition) is 0. The number of benzene rings is 3. The second-order valence-corrected chi connectivity index (χ2v) is 12.8. The van der Waals surface area contributed by atoms with E-state index in [0.717, 1.165) is 88.7 Å². The Morgan fingerprint density at radius 1 is 0.659 bits per heavy atom. The molecule has 0 bridgehead atoms. The highest BCUT2D eigenvalue weighted by molar-refractivity contribution is 6.08. The van der Waals surface area contributed by atoms with Crippen LogP contribution in [0.3, 0.4) is 0 Å². The molecule has 0 saturated carbocycles. The van der Waals surface area contributed by atoms with Crippen molar-refractivity contribution in [1.29, 1.82) is 0 Å². The predicted molar refractivity (Wildman–Crippen MR) is 174 cm³/mol. The van der Waals surface area contributed by atoms with Crippen molar-refractivity contribution in [3.05, 3.63) is 93.5 Å². The summed E-state index contributed by atoms with van der Waals surface area (Å²) in [6, 6.07) is 18.7. The van der Waals surface area contributed by atoms with Crippen LogP contribution in [0.15, 0.2) is 54.6 Å². The Morgan fingerprint density at radius 3 is 1.41 bits per heavy atom. The molecule has 6 heteroatoms. The van der Waals surface area contributed by atoms with Crippen molar-refractivity contribution < 1.29 is 19.1 Å². The lowest BCUT2D eigenvalue weighted by molar-refractivity contribution is -0.165. The lowest BCUT2D eigenvalue weighted by Gasteiger charge is -2.42. The number of carbonyl (C=O) groups is 2. The van der Waals surface area contributed by atoms with Gasteiger partial charge in [-0.2, -0.15) is 0 Å². The first-order valence-corrected chi connectivity index (χ1v) is 16.8. The summed E-state index contributed by atoms with van der Waals surface area (Å²) in [5.74, 6) is -1.70. The van der Waals surface area contributed by atoms with Gasteiger partial charge in [0.1, 0.15) is 0 Å². The average Bonchev–Trinajstić information content (AvgIpc) is 3.04. The Balaban J connectivity index is 1.54. The maximum atomic E-state index is 14.6. The summed E-state index contributed by atoms with van der Waals surface area (Å²) in [6.45, 7) is 8.33. The fourth-order valence-corrected chi connectivity index (χ4v) is 8.60. The molecule has 0 spiro atoms. The van der Waals surface area contributed by atoms with Gasteiger partial charge in [0.15, 0.2) is 0 Å². The van der Waals surface area contributed by atoms with E-state index in [2.05, 4.69) is 34.1 Å². The summed E-state index contributed by atoms with van der Waals surface area (Å²) >= 11 is 0. The Bertz CT molecular complexity index is 1410. The van der Waals surface area contributed by atoms with E-state index in [9.17, 15) is 9.59 Å². The first-order valence-electron chi connectivity index (χ1n) is 16.8. The van der Waals surface area contributed by atoms with E-state index in [0.29, 0.717) is 5.56 Å². The Hall–Kier alpha value is -3.80. The highest BCUT2D eigenvalue weighted by atomic mass is 16.6. The van der Waals surface area contributed by atoms with Crippen LogP contribution in [0, 0.1) is 0 Å². The summed E-state index contributed by atoms with van der Waals surface area (Å²) in [7, 11) is 0. The normalized spacial score (nSPS) is 17.2. The van der Waals surface area contributed by atoms with Crippen LogP contribution in [0.25, 0.3) is 0 Å². The standard InChI is InChI=1S/C38H44N2O4/c1-3-43-36(41)38(37(42)44-4-2,32-16-6-5-7-17-32)33(30-22-26-12-8-18-39-19-9-13-27(23-30)34(26)39)31-24-28-14-10-20-40-21-11-15-29(25-31)35(28)40/h5-7,16-17,22-25,33H,3-4,8-15,18-21H2,1-2H3. The lowest BCUT2D eigenvalue weighted by atomic mass is 9.63. The number of hydrogen-bond acceptors (Lipinski definition) is 6. The molecule has 230 valence electrons. The maximum Gasteiger partial charge on any atom is 0.329 e. The minimum atomic E-state index is -1.71. The van der Waals surface area contributed by atoms with E-state index in [1.807, 2.05) is 44.2 Å². The van der Waals surface area contributed by atoms with Gasteiger partial charge in [-0.1, -0.05) is 54.6 Å². The summed E-state index contributed by atoms with van der Waals surface area (Å²) in [5, 5.41) is 0. The molecular weight excluding hydrogens is 548 g/mol. The molecular formula is C38H44N2O4. The van der Waals surface area contributed by atoms with E-state index < -0.39 is 23.3 Å². The largest absolute Gasteiger partial charge is 0.465 e. The van der Waals surface area contributed by atoms with Crippen LogP contribution in [-0.4, -0.2) is 51.3 Å². The number of esters is 2. The molecule has 6 nitrogen and oxygen atoms in total. The fraction of sp³-hybridized carbons (Fsp3) is 0.474. The minimum Gasteiger partial charge on any atom is -0.465 e. The van der Waals surface area contributed by atoms with Crippen LogP contribution in [0.1, 0.15) is 84.4 Å². The molecule has 3 aromatic carbocycles. The van der Waals surface area contributed by atoms with Gasteiger partial charge in [-0.25, -0.2) is 0 Å². The van der Waals surface area contributed by atoms with Gasteiger partial charge >= 0.3 is 11.9 Å². The van der Waals surface area contributed by atoms with Gasteiger partial charge in [0.2, 0.25) is 5.41 Å². The van der Waals surface area contributed by atoms with Crippen LogP contribution in [0.5, 0.6) is 0 Å². The second-order valence-electron chi connectivity index (χ2n) is 12.8. The number of carbonyl (C=O) groups excluding carboxylic acids is 2. The molecule has 3 aromatic rings.